The minimum atomic E-state index is -0.163. The second-order valence-electron chi connectivity index (χ2n) is 5.37. The molecule has 0 radical (unpaired) electrons. The highest BCUT2D eigenvalue weighted by Crippen LogP contribution is 2.21. The predicted molar refractivity (Wildman–Crippen MR) is 75.7 cm³/mol. The van der Waals surface area contributed by atoms with Gasteiger partial charge in [-0.25, -0.2) is 0 Å². The number of anilines is 1. The Morgan fingerprint density at radius 2 is 2.05 bits per heavy atom. The van der Waals surface area contributed by atoms with Crippen LogP contribution in [0.1, 0.15) is 30.3 Å². The van der Waals surface area contributed by atoms with Crippen molar-refractivity contribution in [3.8, 4) is 0 Å². The highest BCUT2D eigenvalue weighted by molar-refractivity contribution is 5.91. The smallest absolute Gasteiger partial charge is 0.273 e. The maximum absolute atomic E-state index is 11.7. The molecule has 1 aliphatic rings. The summed E-state index contributed by atoms with van der Waals surface area (Å²) < 4.78 is 0. The zero-order chi connectivity index (χ0) is 14.7. The Bertz CT molecular complexity index is 498. The van der Waals surface area contributed by atoms with Crippen LogP contribution < -0.4 is 4.90 Å². The molecule has 0 N–H and O–H groups in total. The third-order valence-electron chi connectivity index (χ3n) is 3.60. The molecule has 0 bridgehead atoms. The lowest BCUT2D eigenvalue weighted by molar-refractivity contribution is -0.120. The summed E-state index contributed by atoms with van der Waals surface area (Å²) in [5.41, 5.74) is 0.332. The van der Waals surface area contributed by atoms with Gasteiger partial charge in [-0.2, -0.15) is 0 Å². The summed E-state index contributed by atoms with van der Waals surface area (Å²) in [6, 6.07) is 3.48. The molecule has 1 amide bonds. The van der Waals surface area contributed by atoms with Crippen LogP contribution in [-0.2, 0) is 4.79 Å². The van der Waals surface area contributed by atoms with Gasteiger partial charge in [0.25, 0.3) is 5.91 Å². The molecule has 2 heterocycles. The number of ketones is 1. The SMILES string of the molecule is CC(=O)C1CCCN(c2ccc(C(=O)N(C)C)nn2)C1. The van der Waals surface area contributed by atoms with Crippen LogP contribution in [0.5, 0.6) is 0 Å². The third kappa shape index (κ3) is 3.12. The molecule has 108 valence electrons. The van der Waals surface area contributed by atoms with Gasteiger partial charge in [-0.1, -0.05) is 0 Å². The summed E-state index contributed by atoms with van der Waals surface area (Å²) in [7, 11) is 3.36. The largest absolute Gasteiger partial charge is 0.354 e. The van der Waals surface area contributed by atoms with Crippen LogP contribution in [0.15, 0.2) is 12.1 Å². The highest BCUT2D eigenvalue weighted by Gasteiger charge is 2.24. The Morgan fingerprint density at radius 3 is 2.60 bits per heavy atom. The number of aromatic nitrogens is 2. The van der Waals surface area contributed by atoms with E-state index in [0.29, 0.717) is 12.2 Å². The first-order chi connectivity index (χ1) is 9.49. The zero-order valence-corrected chi connectivity index (χ0v) is 12.2. The standard InChI is InChI=1S/C14H20N4O2/c1-10(19)11-5-4-8-18(9-11)13-7-6-12(15-16-13)14(20)17(2)3/h6-7,11H,4-5,8-9H2,1-3H3. The van der Waals surface area contributed by atoms with E-state index in [1.165, 1.54) is 4.90 Å². The van der Waals surface area contributed by atoms with Gasteiger partial charge in [0, 0.05) is 33.1 Å². The Kier molecular flexibility index (Phi) is 4.32. The molecule has 1 unspecified atom stereocenters. The highest BCUT2D eigenvalue weighted by atomic mass is 16.2. The van der Waals surface area contributed by atoms with Gasteiger partial charge < -0.3 is 9.80 Å². The Morgan fingerprint density at radius 1 is 1.30 bits per heavy atom. The zero-order valence-electron chi connectivity index (χ0n) is 12.2. The molecule has 1 aliphatic heterocycles. The average molecular weight is 276 g/mol. The number of Topliss-reactive ketones (excluding diaryl/α,β-unsaturated/α-hetero) is 1. The van der Waals surface area contributed by atoms with Crippen LogP contribution in [0.4, 0.5) is 5.82 Å². The molecule has 0 aliphatic carbocycles. The van der Waals surface area contributed by atoms with Crippen molar-refractivity contribution < 1.29 is 9.59 Å². The fraction of sp³-hybridized carbons (Fsp3) is 0.571. The normalized spacial score (nSPS) is 18.8. The van der Waals surface area contributed by atoms with Crippen molar-refractivity contribution in [3.05, 3.63) is 17.8 Å². The van der Waals surface area contributed by atoms with Gasteiger partial charge in [-0.15, -0.1) is 10.2 Å². The number of carbonyl (C=O) groups is 2. The van der Waals surface area contributed by atoms with Crippen molar-refractivity contribution in [1.29, 1.82) is 0 Å². The van der Waals surface area contributed by atoms with Crippen molar-refractivity contribution in [2.45, 2.75) is 19.8 Å². The first kappa shape index (κ1) is 14.4. The van der Waals surface area contributed by atoms with Crippen molar-refractivity contribution in [2.24, 2.45) is 5.92 Å². The molecule has 1 saturated heterocycles. The quantitative estimate of drug-likeness (QED) is 0.823. The van der Waals surface area contributed by atoms with E-state index in [2.05, 4.69) is 15.1 Å². The number of rotatable bonds is 3. The molecule has 0 spiro atoms. The number of carbonyl (C=O) groups excluding carboxylic acids is 2. The first-order valence-electron chi connectivity index (χ1n) is 6.80. The van der Waals surface area contributed by atoms with Gasteiger partial charge in [0.05, 0.1) is 0 Å². The summed E-state index contributed by atoms with van der Waals surface area (Å²) in [5.74, 6) is 0.867. The Balaban J connectivity index is 2.10. The third-order valence-corrected chi connectivity index (χ3v) is 3.60. The lowest BCUT2D eigenvalue weighted by Crippen LogP contribution is -2.38. The van der Waals surface area contributed by atoms with Crippen LogP contribution in [0.3, 0.4) is 0 Å². The Hall–Kier alpha value is -1.98. The fourth-order valence-electron chi connectivity index (χ4n) is 2.35. The van der Waals surface area contributed by atoms with E-state index in [-0.39, 0.29) is 17.6 Å². The summed E-state index contributed by atoms with van der Waals surface area (Å²) in [4.78, 5) is 26.8. The molecule has 1 aromatic heterocycles. The second-order valence-corrected chi connectivity index (χ2v) is 5.37. The van der Waals surface area contributed by atoms with Crippen molar-refractivity contribution >= 4 is 17.5 Å². The van der Waals surface area contributed by atoms with Gasteiger partial charge in [0.15, 0.2) is 11.5 Å². The molecule has 0 saturated carbocycles. The topological polar surface area (TPSA) is 66.4 Å². The number of nitrogens with zero attached hydrogens (tertiary/aromatic N) is 4. The minimum absolute atomic E-state index is 0.0774. The van der Waals surface area contributed by atoms with E-state index >= 15 is 0 Å². The monoisotopic (exact) mass is 276 g/mol. The minimum Gasteiger partial charge on any atom is -0.354 e. The molecule has 20 heavy (non-hydrogen) atoms. The number of piperidine rings is 1. The first-order valence-corrected chi connectivity index (χ1v) is 6.80. The van der Waals surface area contributed by atoms with E-state index in [9.17, 15) is 9.59 Å². The molecular weight excluding hydrogens is 256 g/mol. The fourth-order valence-corrected chi connectivity index (χ4v) is 2.35. The summed E-state index contributed by atoms with van der Waals surface area (Å²) >= 11 is 0. The summed E-state index contributed by atoms with van der Waals surface area (Å²) in [5, 5.41) is 8.09. The second kappa shape index (κ2) is 5.98. The van der Waals surface area contributed by atoms with Gasteiger partial charge in [0.1, 0.15) is 5.78 Å². The maximum atomic E-state index is 11.7. The van der Waals surface area contributed by atoms with Crippen LogP contribution in [-0.4, -0.2) is 54.0 Å². The van der Waals surface area contributed by atoms with Gasteiger partial charge in [-0.05, 0) is 31.9 Å². The molecule has 1 aromatic rings. The molecule has 1 fully saturated rings. The molecule has 6 heteroatoms. The molecular formula is C14H20N4O2. The number of hydrogen-bond acceptors (Lipinski definition) is 5. The molecule has 2 rings (SSSR count). The van der Waals surface area contributed by atoms with Crippen molar-refractivity contribution in [3.63, 3.8) is 0 Å². The van der Waals surface area contributed by atoms with E-state index < -0.39 is 0 Å². The summed E-state index contributed by atoms with van der Waals surface area (Å²) in [6.45, 7) is 3.20. The molecule has 6 nitrogen and oxygen atoms in total. The maximum Gasteiger partial charge on any atom is 0.273 e. The van der Waals surface area contributed by atoms with E-state index in [1.54, 1.807) is 33.2 Å². The molecule has 1 atom stereocenters. The van der Waals surface area contributed by atoms with Crippen molar-refractivity contribution in [1.82, 2.24) is 15.1 Å². The van der Waals surface area contributed by atoms with E-state index in [1.807, 2.05) is 0 Å². The predicted octanol–water partition coefficient (Wildman–Crippen LogP) is 0.984. The van der Waals surface area contributed by atoms with E-state index in [0.717, 1.165) is 25.2 Å². The van der Waals surface area contributed by atoms with Gasteiger partial charge >= 0.3 is 0 Å². The lowest BCUT2D eigenvalue weighted by Gasteiger charge is -2.32. The van der Waals surface area contributed by atoms with E-state index in [4.69, 9.17) is 0 Å². The molecule has 0 aromatic carbocycles. The van der Waals surface area contributed by atoms with Crippen LogP contribution in [0.25, 0.3) is 0 Å². The average Bonchev–Trinajstić information content (AvgIpc) is 2.46. The Labute approximate surface area is 118 Å². The van der Waals surface area contributed by atoms with Gasteiger partial charge in [0.2, 0.25) is 0 Å². The van der Waals surface area contributed by atoms with Crippen LogP contribution in [0, 0.1) is 5.92 Å². The number of amides is 1. The van der Waals surface area contributed by atoms with Crippen LogP contribution >= 0.6 is 0 Å². The van der Waals surface area contributed by atoms with Crippen molar-refractivity contribution in [2.75, 3.05) is 32.1 Å². The van der Waals surface area contributed by atoms with Crippen LogP contribution in [0.2, 0.25) is 0 Å². The van der Waals surface area contributed by atoms with Gasteiger partial charge in [-0.3, -0.25) is 9.59 Å². The number of hydrogen-bond donors (Lipinski definition) is 0. The lowest BCUT2D eigenvalue weighted by atomic mass is 9.95. The summed E-state index contributed by atoms with van der Waals surface area (Å²) in [6.07, 6.45) is 1.92.